The fraction of sp³-hybridized carbons (Fsp3) is 0.538. The molecular formula is C13H18BrNO. The van der Waals surface area contributed by atoms with E-state index in [0.717, 1.165) is 22.5 Å². The average molecular weight is 284 g/mol. The van der Waals surface area contributed by atoms with Crippen molar-refractivity contribution in [3.8, 4) is 0 Å². The maximum absolute atomic E-state index is 9.50. The maximum atomic E-state index is 9.50. The predicted octanol–water partition coefficient (Wildman–Crippen LogP) is 3.35. The highest BCUT2D eigenvalue weighted by molar-refractivity contribution is 9.10. The Morgan fingerprint density at radius 1 is 1.50 bits per heavy atom. The minimum Gasteiger partial charge on any atom is -0.389 e. The van der Waals surface area contributed by atoms with Crippen LogP contribution >= 0.6 is 15.9 Å². The molecule has 0 radical (unpaired) electrons. The summed E-state index contributed by atoms with van der Waals surface area (Å²) in [5.74, 6) is 0.883. The van der Waals surface area contributed by atoms with Crippen molar-refractivity contribution in [3.05, 3.63) is 28.2 Å². The van der Waals surface area contributed by atoms with E-state index in [-0.39, 0.29) is 0 Å². The van der Waals surface area contributed by atoms with Crippen LogP contribution in [0.15, 0.2) is 22.7 Å². The summed E-state index contributed by atoms with van der Waals surface area (Å²) in [6.45, 7) is 2.92. The molecule has 1 aliphatic rings. The van der Waals surface area contributed by atoms with E-state index < -0.39 is 6.10 Å². The molecule has 2 rings (SSSR count). The molecule has 0 spiro atoms. The van der Waals surface area contributed by atoms with Gasteiger partial charge in [-0.1, -0.05) is 6.07 Å². The van der Waals surface area contributed by atoms with E-state index >= 15 is 0 Å². The molecular weight excluding hydrogens is 266 g/mol. The lowest BCUT2D eigenvalue weighted by Gasteiger charge is -2.21. The smallest absolute Gasteiger partial charge is 0.0762 e. The molecule has 1 aromatic rings. The van der Waals surface area contributed by atoms with Crippen molar-refractivity contribution in [3.63, 3.8) is 0 Å². The second-order valence-electron chi connectivity index (χ2n) is 4.71. The minimum absolute atomic E-state index is 0.404. The van der Waals surface area contributed by atoms with Crippen LogP contribution in [0.2, 0.25) is 0 Å². The highest BCUT2D eigenvalue weighted by atomic mass is 79.9. The lowest BCUT2D eigenvalue weighted by Crippen LogP contribution is -2.20. The first-order valence-electron chi connectivity index (χ1n) is 5.76. The Morgan fingerprint density at radius 3 is 2.69 bits per heavy atom. The molecule has 16 heavy (non-hydrogen) atoms. The van der Waals surface area contributed by atoms with Gasteiger partial charge in [0.1, 0.15) is 0 Å². The molecule has 0 heterocycles. The van der Waals surface area contributed by atoms with Crippen LogP contribution in [0.1, 0.15) is 31.4 Å². The Morgan fingerprint density at radius 2 is 2.19 bits per heavy atom. The van der Waals surface area contributed by atoms with Crippen LogP contribution in [0.5, 0.6) is 0 Å². The highest BCUT2D eigenvalue weighted by Crippen LogP contribution is 2.34. The lowest BCUT2D eigenvalue weighted by molar-refractivity contribution is 0.199. The molecule has 1 saturated carbocycles. The fourth-order valence-corrected chi connectivity index (χ4v) is 2.58. The second kappa shape index (κ2) is 4.76. The van der Waals surface area contributed by atoms with E-state index in [0.29, 0.717) is 0 Å². The van der Waals surface area contributed by atoms with Gasteiger partial charge in [0.25, 0.3) is 0 Å². The lowest BCUT2D eigenvalue weighted by atomic mass is 10.1. The van der Waals surface area contributed by atoms with Crippen molar-refractivity contribution in [2.24, 2.45) is 5.92 Å². The van der Waals surface area contributed by atoms with Gasteiger partial charge in [-0.3, -0.25) is 0 Å². The van der Waals surface area contributed by atoms with Gasteiger partial charge in [0, 0.05) is 18.1 Å². The number of benzene rings is 1. The number of nitrogens with zero attached hydrogens (tertiary/aromatic N) is 1. The Balaban J connectivity index is 2.14. The van der Waals surface area contributed by atoms with Crippen molar-refractivity contribution < 1.29 is 5.11 Å². The molecule has 88 valence electrons. The van der Waals surface area contributed by atoms with Crippen LogP contribution in [-0.2, 0) is 0 Å². The van der Waals surface area contributed by atoms with Crippen LogP contribution < -0.4 is 4.90 Å². The number of hydrogen-bond acceptors (Lipinski definition) is 2. The molecule has 1 N–H and O–H groups in total. The summed E-state index contributed by atoms with van der Waals surface area (Å²) >= 11 is 3.57. The molecule has 0 bridgehead atoms. The fourth-order valence-electron chi connectivity index (χ4n) is 1.88. The van der Waals surface area contributed by atoms with Gasteiger partial charge in [0.05, 0.1) is 11.8 Å². The predicted molar refractivity (Wildman–Crippen MR) is 70.8 cm³/mol. The van der Waals surface area contributed by atoms with E-state index in [1.807, 2.05) is 12.1 Å². The SMILES string of the molecule is C[C@@H](O)c1ccc(N(C)CC2CC2)c(Br)c1. The third kappa shape index (κ3) is 2.77. The Hall–Kier alpha value is -0.540. The molecule has 0 aliphatic heterocycles. The van der Waals surface area contributed by atoms with Gasteiger partial charge in [-0.2, -0.15) is 0 Å². The van der Waals surface area contributed by atoms with Gasteiger partial charge in [0.2, 0.25) is 0 Å². The van der Waals surface area contributed by atoms with E-state index in [2.05, 4.69) is 33.9 Å². The molecule has 1 fully saturated rings. The zero-order chi connectivity index (χ0) is 11.7. The molecule has 1 aromatic carbocycles. The number of aliphatic hydroxyl groups excluding tert-OH is 1. The van der Waals surface area contributed by atoms with Crippen molar-refractivity contribution >= 4 is 21.6 Å². The second-order valence-corrected chi connectivity index (χ2v) is 5.57. The molecule has 0 saturated heterocycles. The number of halogens is 1. The van der Waals surface area contributed by atoms with Crippen molar-refractivity contribution in [1.29, 1.82) is 0 Å². The molecule has 1 atom stereocenters. The van der Waals surface area contributed by atoms with Gasteiger partial charge in [-0.05, 0) is 59.3 Å². The van der Waals surface area contributed by atoms with E-state index in [1.165, 1.54) is 18.5 Å². The van der Waals surface area contributed by atoms with Crippen molar-refractivity contribution in [1.82, 2.24) is 0 Å². The first-order valence-corrected chi connectivity index (χ1v) is 6.56. The van der Waals surface area contributed by atoms with Gasteiger partial charge in [-0.25, -0.2) is 0 Å². The number of aliphatic hydroxyl groups is 1. The van der Waals surface area contributed by atoms with Crippen LogP contribution in [0.25, 0.3) is 0 Å². The van der Waals surface area contributed by atoms with Gasteiger partial charge in [0.15, 0.2) is 0 Å². The summed E-state index contributed by atoms with van der Waals surface area (Å²) in [6, 6.07) is 6.08. The summed E-state index contributed by atoms with van der Waals surface area (Å²) in [6.07, 6.45) is 2.33. The molecule has 0 amide bonds. The summed E-state index contributed by atoms with van der Waals surface area (Å²) in [7, 11) is 2.13. The zero-order valence-electron chi connectivity index (χ0n) is 9.78. The third-order valence-corrected chi connectivity index (χ3v) is 3.73. The summed E-state index contributed by atoms with van der Waals surface area (Å²) in [4.78, 5) is 2.29. The molecule has 0 unspecified atom stereocenters. The average Bonchev–Trinajstić information content (AvgIpc) is 3.01. The Kier molecular flexibility index (Phi) is 3.55. The third-order valence-electron chi connectivity index (χ3n) is 3.09. The highest BCUT2D eigenvalue weighted by Gasteiger charge is 2.23. The quantitative estimate of drug-likeness (QED) is 0.916. The largest absolute Gasteiger partial charge is 0.389 e. The topological polar surface area (TPSA) is 23.5 Å². The van der Waals surface area contributed by atoms with E-state index in [9.17, 15) is 5.11 Å². The van der Waals surface area contributed by atoms with Crippen LogP contribution in [0, 0.1) is 5.92 Å². The zero-order valence-corrected chi connectivity index (χ0v) is 11.4. The molecule has 0 aromatic heterocycles. The van der Waals surface area contributed by atoms with Crippen molar-refractivity contribution in [2.75, 3.05) is 18.5 Å². The standard InChI is InChI=1S/C13H18BrNO/c1-9(16)11-5-6-13(12(14)7-11)15(2)8-10-3-4-10/h5-7,9-10,16H,3-4,8H2,1-2H3/t9-/m1/s1. The van der Waals surface area contributed by atoms with E-state index in [1.54, 1.807) is 6.92 Å². The number of hydrogen-bond donors (Lipinski definition) is 1. The van der Waals surface area contributed by atoms with Crippen LogP contribution in [0.4, 0.5) is 5.69 Å². The van der Waals surface area contributed by atoms with E-state index in [4.69, 9.17) is 0 Å². The summed E-state index contributed by atoms with van der Waals surface area (Å²) in [5.41, 5.74) is 2.16. The minimum atomic E-state index is -0.404. The molecule has 1 aliphatic carbocycles. The van der Waals surface area contributed by atoms with Gasteiger partial charge in [-0.15, -0.1) is 0 Å². The molecule has 3 heteroatoms. The van der Waals surface area contributed by atoms with Crippen molar-refractivity contribution in [2.45, 2.75) is 25.9 Å². The first-order chi connectivity index (χ1) is 7.58. The Labute approximate surface area is 105 Å². The molecule has 2 nitrogen and oxygen atoms in total. The first kappa shape index (κ1) is 11.9. The number of anilines is 1. The normalized spacial score (nSPS) is 17.2. The number of rotatable bonds is 4. The Bertz CT molecular complexity index is 374. The maximum Gasteiger partial charge on any atom is 0.0762 e. The van der Waals surface area contributed by atoms with Gasteiger partial charge >= 0.3 is 0 Å². The van der Waals surface area contributed by atoms with Crippen LogP contribution in [0.3, 0.4) is 0 Å². The monoisotopic (exact) mass is 283 g/mol. The summed E-state index contributed by atoms with van der Waals surface area (Å²) < 4.78 is 1.06. The summed E-state index contributed by atoms with van der Waals surface area (Å²) in [5, 5.41) is 9.50. The van der Waals surface area contributed by atoms with Crippen LogP contribution in [-0.4, -0.2) is 18.7 Å². The van der Waals surface area contributed by atoms with Gasteiger partial charge < -0.3 is 10.0 Å².